The number of hydrogen-bond acceptors (Lipinski definition) is 4. The van der Waals surface area contributed by atoms with Gasteiger partial charge in [0.05, 0.1) is 29.7 Å². The Hall–Kier alpha value is -2.41. The molecular weight excluding hydrogens is 359 g/mol. The van der Waals surface area contributed by atoms with Crippen molar-refractivity contribution in [2.45, 2.75) is 30.5 Å². The van der Waals surface area contributed by atoms with Crippen molar-refractivity contribution < 1.29 is 26.9 Å². The van der Waals surface area contributed by atoms with Gasteiger partial charge in [0.1, 0.15) is 0 Å². The minimum absolute atomic E-state index is 0.0484. The Morgan fingerprint density at radius 1 is 1.52 bits per heavy atom. The summed E-state index contributed by atoms with van der Waals surface area (Å²) in [4.78, 5) is 23.9. The summed E-state index contributed by atoms with van der Waals surface area (Å²) >= 11 is 0. The van der Waals surface area contributed by atoms with Crippen LogP contribution in [-0.4, -0.2) is 29.7 Å². The lowest BCUT2D eigenvalue weighted by atomic mass is 10.2. The SMILES string of the molecule is CC(CC#N)NC(=O)OS1(c2cccc(C(F)(F)F)c2)CNC(=O)C1. The van der Waals surface area contributed by atoms with E-state index in [1.165, 1.54) is 12.1 Å². The van der Waals surface area contributed by atoms with Gasteiger partial charge in [0.2, 0.25) is 5.91 Å². The van der Waals surface area contributed by atoms with Crippen LogP contribution in [0.3, 0.4) is 0 Å². The lowest BCUT2D eigenvalue weighted by Gasteiger charge is -2.33. The summed E-state index contributed by atoms with van der Waals surface area (Å²) in [5, 5.41) is 13.6. The summed E-state index contributed by atoms with van der Waals surface area (Å²) in [6.07, 6.45) is -5.36. The Kier molecular flexibility index (Phi) is 5.47. The molecule has 0 radical (unpaired) electrons. The van der Waals surface area contributed by atoms with Crippen LogP contribution in [0, 0.1) is 11.3 Å². The number of alkyl halides is 3. The van der Waals surface area contributed by atoms with E-state index in [2.05, 4.69) is 10.6 Å². The Morgan fingerprint density at radius 3 is 2.80 bits per heavy atom. The zero-order valence-corrected chi connectivity index (χ0v) is 14.0. The van der Waals surface area contributed by atoms with Crippen molar-refractivity contribution in [1.82, 2.24) is 10.6 Å². The number of halogens is 3. The van der Waals surface area contributed by atoms with E-state index < -0.39 is 40.1 Å². The molecule has 0 aliphatic carbocycles. The van der Waals surface area contributed by atoms with Gasteiger partial charge in [-0.15, -0.1) is 0 Å². The zero-order chi connectivity index (χ0) is 18.7. The maximum atomic E-state index is 13.0. The number of rotatable bonds is 4. The minimum Gasteiger partial charge on any atom is -0.393 e. The smallest absolute Gasteiger partial charge is 0.393 e. The van der Waals surface area contributed by atoms with Gasteiger partial charge in [-0.2, -0.15) is 18.4 Å². The van der Waals surface area contributed by atoms with E-state index in [0.717, 1.165) is 12.1 Å². The molecule has 0 aromatic heterocycles. The number of benzene rings is 1. The van der Waals surface area contributed by atoms with E-state index in [1.54, 1.807) is 6.92 Å². The molecule has 0 saturated carbocycles. The molecule has 1 aromatic carbocycles. The van der Waals surface area contributed by atoms with Gasteiger partial charge in [0, 0.05) is 10.9 Å². The van der Waals surface area contributed by atoms with Gasteiger partial charge in [-0.05, 0) is 35.4 Å². The van der Waals surface area contributed by atoms with Crippen LogP contribution in [0.5, 0.6) is 0 Å². The normalized spacial score (nSPS) is 23.7. The van der Waals surface area contributed by atoms with Crippen molar-refractivity contribution >= 4 is 22.3 Å². The number of nitrogens with one attached hydrogen (secondary N) is 2. The fraction of sp³-hybridized carbons (Fsp3) is 0.400. The fourth-order valence-electron chi connectivity index (χ4n) is 2.25. The first kappa shape index (κ1) is 18.9. The maximum absolute atomic E-state index is 13.0. The molecule has 2 rings (SSSR count). The number of amides is 2. The average Bonchev–Trinajstić information content (AvgIpc) is 2.88. The molecular formula is C15H16F3N3O3S. The van der Waals surface area contributed by atoms with Crippen LogP contribution < -0.4 is 10.6 Å². The largest absolute Gasteiger partial charge is 0.418 e. The molecule has 0 spiro atoms. The first-order valence-corrected chi connectivity index (χ1v) is 9.15. The number of nitriles is 1. The molecule has 1 aliphatic heterocycles. The molecule has 2 atom stereocenters. The first-order chi connectivity index (χ1) is 11.7. The van der Waals surface area contributed by atoms with Crippen molar-refractivity contribution in [3.63, 3.8) is 0 Å². The molecule has 25 heavy (non-hydrogen) atoms. The first-order valence-electron chi connectivity index (χ1n) is 7.26. The van der Waals surface area contributed by atoms with Crippen LogP contribution in [-0.2, 0) is 15.2 Å². The van der Waals surface area contributed by atoms with Crippen molar-refractivity contribution in [3.05, 3.63) is 29.8 Å². The third-order valence-electron chi connectivity index (χ3n) is 3.45. The van der Waals surface area contributed by atoms with Gasteiger partial charge in [-0.1, -0.05) is 6.07 Å². The topological polar surface area (TPSA) is 91.2 Å². The highest BCUT2D eigenvalue weighted by molar-refractivity contribution is 8.31. The number of hydrogen-bond donors (Lipinski definition) is 2. The Labute approximate surface area is 143 Å². The Morgan fingerprint density at radius 2 is 2.24 bits per heavy atom. The summed E-state index contributed by atoms with van der Waals surface area (Å²) in [5.74, 6) is -0.646. The van der Waals surface area contributed by atoms with Crippen LogP contribution in [0.1, 0.15) is 18.9 Å². The minimum atomic E-state index is -4.55. The summed E-state index contributed by atoms with van der Waals surface area (Å²) < 4.78 is 44.3. The highest BCUT2D eigenvalue weighted by Crippen LogP contribution is 2.58. The second kappa shape index (κ2) is 7.23. The average molecular weight is 375 g/mol. The zero-order valence-electron chi connectivity index (χ0n) is 13.2. The Bertz CT molecular complexity index is 720. The third kappa shape index (κ3) is 4.57. The van der Waals surface area contributed by atoms with Crippen LogP contribution in [0.15, 0.2) is 29.2 Å². The summed E-state index contributed by atoms with van der Waals surface area (Å²) in [6, 6.07) is 5.85. The molecule has 10 heteroatoms. The van der Waals surface area contributed by atoms with Crippen LogP contribution in [0.4, 0.5) is 18.0 Å². The molecule has 2 unspecified atom stereocenters. The van der Waals surface area contributed by atoms with Crippen molar-refractivity contribution in [2.75, 3.05) is 11.6 Å². The van der Waals surface area contributed by atoms with E-state index in [-0.39, 0.29) is 22.9 Å². The van der Waals surface area contributed by atoms with Crippen molar-refractivity contribution in [2.24, 2.45) is 0 Å². The van der Waals surface area contributed by atoms with E-state index in [0.29, 0.717) is 0 Å². The van der Waals surface area contributed by atoms with E-state index in [4.69, 9.17) is 9.44 Å². The van der Waals surface area contributed by atoms with Gasteiger partial charge in [0.25, 0.3) is 0 Å². The standard InChI is InChI=1S/C15H16F3N3O3S/c1-10(5-6-19)21-14(23)24-25(8-13(22)20-9-25)12-4-2-3-11(7-12)15(16,17)18/h2-4,7,10H,5,8-9H2,1H3,(H,20,22)(H,21,23). The summed E-state index contributed by atoms with van der Waals surface area (Å²) in [7, 11) is -2.59. The lowest BCUT2D eigenvalue weighted by molar-refractivity contribution is -0.137. The van der Waals surface area contributed by atoms with E-state index >= 15 is 0 Å². The molecule has 1 saturated heterocycles. The molecule has 1 heterocycles. The fourth-order valence-corrected chi connectivity index (χ4v) is 4.82. The molecule has 136 valence electrons. The highest BCUT2D eigenvalue weighted by atomic mass is 32.3. The second-order valence-corrected chi connectivity index (χ2v) is 8.34. The quantitative estimate of drug-likeness (QED) is 0.847. The van der Waals surface area contributed by atoms with Gasteiger partial charge in [0.15, 0.2) is 0 Å². The molecule has 1 fully saturated rings. The predicted molar refractivity (Wildman–Crippen MR) is 84.5 cm³/mol. The van der Waals surface area contributed by atoms with Crippen molar-refractivity contribution in [1.29, 1.82) is 5.26 Å². The van der Waals surface area contributed by atoms with E-state index in [1.807, 2.05) is 6.07 Å². The van der Waals surface area contributed by atoms with Crippen LogP contribution in [0.2, 0.25) is 0 Å². The van der Waals surface area contributed by atoms with Crippen LogP contribution >= 0.6 is 10.3 Å². The van der Waals surface area contributed by atoms with Crippen molar-refractivity contribution in [3.8, 4) is 6.07 Å². The number of carbonyl (C=O) groups excluding carboxylic acids is 2. The van der Waals surface area contributed by atoms with Gasteiger partial charge < -0.3 is 14.8 Å². The molecule has 1 aliphatic rings. The molecule has 1 aromatic rings. The summed E-state index contributed by atoms with van der Waals surface area (Å²) in [6.45, 7) is 1.59. The van der Waals surface area contributed by atoms with Crippen LogP contribution in [0.25, 0.3) is 0 Å². The Balaban J connectivity index is 2.29. The maximum Gasteiger partial charge on any atom is 0.418 e. The van der Waals surface area contributed by atoms with Gasteiger partial charge in [-0.25, -0.2) is 4.79 Å². The number of nitrogens with zero attached hydrogens (tertiary/aromatic N) is 1. The molecule has 6 nitrogen and oxygen atoms in total. The third-order valence-corrected chi connectivity index (χ3v) is 6.38. The molecule has 2 N–H and O–H groups in total. The predicted octanol–water partition coefficient (Wildman–Crippen LogP) is 2.90. The molecule has 2 amide bonds. The second-order valence-electron chi connectivity index (χ2n) is 5.50. The van der Waals surface area contributed by atoms with E-state index in [9.17, 15) is 22.8 Å². The number of carbonyl (C=O) groups is 2. The highest BCUT2D eigenvalue weighted by Gasteiger charge is 2.41. The summed E-state index contributed by atoms with van der Waals surface area (Å²) in [5.41, 5.74) is -0.877. The van der Waals surface area contributed by atoms with Gasteiger partial charge in [-0.3, -0.25) is 4.79 Å². The monoisotopic (exact) mass is 375 g/mol. The van der Waals surface area contributed by atoms with Gasteiger partial charge >= 0.3 is 12.3 Å². The molecule has 0 bridgehead atoms. The lowest BCUT2D eigenvalue weighted by Crippen LogP contribution is -2.34.